The Bertz CT molecular complexity index is 973. The van der Waals surface area contributed by atoms with Gasteiger partial charge in [-0.3, -0.25) is 4.79 Å². The monoisotopic (exact) mass is 428 g/mol. The molecule has 30 heavy (non-hydrogen) atoms. The Balaban J connectivity index is 1.61. The predicted octanol–water partition coefficient (Wildman–Crippen LogP) is 3.84. The quantitative estimate of drug-likeness (QED) is 0.729. The third-order valence-electron chi connectivity index (χ3n) is 5.81. The first-order chi connectivity index (χ1) is 14.3. The molecule has 2 aromatic rings. The number of benzene rings is 2. The molecule has 2 aromatic carbocycles. The summed E-state index contributed by atoms with van der Waals surface area (Å²) in [4.78, 5) is 13.2. The van der Waals surface area contributed by atoms with Crippen molar-refractivity contribution in [3.63, 3.8) is 0 Å². The van der Waals surface area contributed by atoms with E-state index < -0.39 is 10.0 Å². The van der Waals surface area contributed by atoms with Crippen LogP contribution in [0.3, 0.4) is 0 Å². The number of aryl methyl sites for hydroxylation is 3. The maximum Gasteiger partial charge on any atom is 0.243 e. The Morgan fingerprint density at radius 2 is 1.90 bits per heavy atom. The lowest BCUT2D eigenvalue weighted by Crippen LogP contribution is -2.47. The molecule has 0 spiro atoms. The Morgan fingerprint density at radius 1 is 1.17 bits per heavy atom. The summed E-state index contributed by atoms with van der Waals surface area (Å²) >= 11 is 0. The summed E-state index contributed by atoms with van der Waals surface area (Å²) < 4.78 is 27.9. The fraction of sp³-hybridized carbons (Fsp3) is 0.458. The van der Waals surface area contributed by atoms with Crippen LogP contribution in [0.25, 0.3) is 0 Å². The van der Waals surface area contributed by atoms with Crippen LogP contribution < -0.4 is 5.32 Å². The summed E-state index contributed by atoms with van der Waals surface area (Å²) in [6.07, 6.45) is 3.17. The van der Waals surface area contributed by atoms with E-state index in [2.05, 4.69) is 17.4 Å². The topological polar surface area (TPSA) is 66.5 Å². The van der Waals surface area contributed by atoms with E-state index in [1.165, 1.54) is 9.87 Å². The van der Waals surface area contributed by atoms with Crippen LogP contribution in [-0.4, -0.2) is 37.8 Å². The highest BCUT2D eigenvalue weighted by atomic mass is 32.2. The Hall–Kier alpha value is -2.18. The molecule has 1 fully saturated rings. The number of piperidine rings is 1. The molecule has 1 saturated heterocycles. The number of carbonyl (C=O) groups is 1. The zero-order chi connectivity index (χ0) is 21.7. The number of rotatable bonds is 7. The highest BCUT2D eigenvalue weighted by Gasteiger charge is 2.34. The van der Waals surface area contributed by atoms with Gasteiger partial charge in [0.25, 0.3) is 0 Å². The molecule has 0 aromatic heterocycles. The number of hydrogen-bond donors (Lipinski definition) is 1. The van der Waals surface area contributed by atoms with Crippen molar-refractivity contribution < 1.29 is 13.2 Å². The lowest BCUT2D eigenvalue weighted by atomic mass is 9.98. The largest absolute Gasteiger partial charge is 0.353 e. The molecule has 1 aliphatic heterocycles. The molecule has 0 unspecified atom stereocenters. The summed E-state index contributed by atoms with van der Waals surface area (Å²) in [5, 5.41) is 3.09. The molecule has 0 saturated carbocycles. The molecule has 5 nitrogen and oxygen atoms in total. The molecule has 162 valence electrons. The van der Waals surface area contributed by atoms with E-state index in [-0.39, 0.29) is 24.4 Å². The van der Waals surface area contributed by atoms with Gasteiger partial charge in [0.15, 0.2) is 0 Å². The van der Waals surface area contributed by atoms with E-state index in [4.69, 9.17) is 0 Å². The molecular formula is C24H32N2O3S. The lowest BCUT2D eigenvalue weighted by Gasteiger charge is -2.32. The number of sulfonamides is 1. The molecule has 1 aliphatic rings. The van der Waals surface area contributed by atoms with Crippen molar-refractivity contribution in [3.05, 3.63) is 65.2 Å². The van der Waals surface area contributed by atoms with E-state index >= 15 is 0 Å². The van der Waals surface area contributed by atoms with E-state index in [1.54, 1.807) is 6.07 Å². The third-order valence-corrected chi connectivity index (χ3v) is 7.82. The van der Waals surface area contributed by atoms with Crippen LogP contribution in [0.1, 0.15) is 42.9 Å². The molecule has 1 amide bonds. The van der Waals surface area contributed by atoms with Gasteiger partial charge in [-0.25, -0.2) is 8.42 Å². The maximum absolute atomic E-state index is 13.2. The molecule has 0 aliphatic carbocycles. The summed E-state index contributed by atoms with van der Waals surface area (Å²) in [7, 11) is -3.60. The van der Waals surface area contributed by atoms with Crippen LogP contribution in [0.5, 0.6) is 0 Å². The zero-order valence-electron chi connectivity index (χ0n) is 18.1. The van der Waals surface area contributed by atoms with Gasteiger partial charge in [-0.15, -0.1) is 0 Å². The number of carbonyl (C=O) groups excluding carboxylic acids is 1. The van der Waals surface area contributed by atoms with E-state index in [0.29, 0.717) is 17.9 Å². The van der Waals surface area contributed by atoms with Gasteiger partial charge in [0, 0.05) is 19.1 Å². The Labute approximate surface area is 180 Å². The van der Waals surface area contributed by atoms with Crippen LogP contribution in [0.4, 0.5) is 0 Å². The van der Waals surface area contributed by atoms with E-state index in [0.717, 1.165) is 30.4 Å². The number of hydrogen-bond acceptors (Lipinski definition) is 3. The fourth-order valence-corrected chi connectivity index (χ4v) is 5.79. The second kappa shape index (κ2) is 9.75. The van der Waals surface area contributed by atoms with Crippen LogP contribution in [0, 0.1) is 19.8 Å². The summed E-state index contributed by atoms with van der Waals surface area (Å²) in [5.41, 5.74) is 2.90. The van der Waals surface area contributed by atoms with Gasteiger partial charge in [-0.05, 0) is 69.2 Å². The van der Waals surface area contributed by atoms with Crippen molar-refractivity contribution in [2.24, 2.45) is 5.92 Å². The number of nitrogens with zero attached hydrogens (tertiary/aromatic N) is 1. The molecule has 2 atom stereocenters. The minimum absolute atomic E-state index is 0.0450. The van der Waals surface area contributed by atoms with Gasteiger partial charge in [0.2, 0.25) is 15.9 Å². The van der Waals surface area contributed by atoms with Crippen molar-refractivity contribution >= 4 is 15.9 Å². The Kier molecular flexibility index (Phi) is 7.32. The Morgan fingerprint density at radius 3 is 2.63 bits per heavy atom. The lowest BCUT2D eigenvalue weighted by molar-refractivity contribution is -0.126. The van der Waals surface area contributed by atoms with Gasteiger partial charge in [-0.1, -0.05) is 42.5 Å². The van der Waals surface area contributed by atoms with Gasteiger partial charge in [0.1, 0.15) is 0 Å². The van der Waals surface area contributed by atoms with Gasteiger partial charge >= 0.3 is 0 Å². The molecule has 0 bridgehead atoms. The number of amides is 1. The van der Waals surface area contributed by atoms with Gasteiger partial charge < -0.3 is 5.32 Å². The fourth-order valence-electron chi connectivity index (χ4n) is 3.96. The van der Waals surface area contributed by atoms with Crippen LogP contribution >= 0.6 is 0 Å². The molecular weight excluding hydrogens is 396 g/mol. The van der Waals surface area contributed by atoms with Crippen molar-refractivity contribution in [1.82, 2.24) is 9.62 Å². The van der Waals surface area contributed by atoms with Crippen molar-refractivity contribution in [1.29, 1.82) is 0 Å². The van der Waals surface area contributed by atoms with Crippen LogP contribution in [0.15, 0.2) is 53.4 Å². The second-order valence-electron chi connectivity index (χ2n) is 8.41. The standard InChI is InChI=1S/C24H32N2O3S/c1-18-11-12-19(2)23(16-18)30(28,29)26-15-7-10-22(17-26)24(27)25-20(3)13-14-21-8-5-4-6-9-21/h4-6,8-9,11-12,16,20,22H,7,10,13-15,17H2,1-3H3,(H,25,27)/t20-,22+/m1/s1. The van der Waals surface area contributed by atoms with Gasteiger partial charge in [-0.2, -0.15) is 4.31 Å². The molecule has 0 radical (unpaired) electrons. The smallest absolute Gasteiger partial charge is 0.243 e. The number of nitrogens with one attached hydrogen (secondary N) is 1. The zero-order valence-corrected chi connectivity index (χ0v) is 18.9. The highest BCUT2D eigenvalue weighted by Crippen LogP contribution is 2.26. The summed E-state index contributed by atoms with van der Waals surface area (Å²) in [6, 6.07) is 15.7. The second-order valence-corrected chi connectivity index (χ2v) is 10.3. The van der Waals surface area contributed by atoms with Crippen molar-refractivity contribution in [2.45, 2.75) is 57.4 Å². The maximum atomic E-state index is 13.2. The normalized spacial score (nSPS) is 18.7. The van der Waals surface area contributed by atoms with E-state index in [9.17, 15) is 13.2 Å². The first-order valence-corrected chi connectivity index (χ1v) is 12.1. The minimum Gasteiger partial charge on any atom is -0.353 e. The minimum atomic E-state index is -3.60. The SMILES string of the molecule is Cc1ccc(C)c(S(=O)(=O)N2CCC[C@H](C(=O)N[C@H](C)CCc3ccccc3)C2)c1. The average molecular weight is 429 g/mol. The third kappa shape index (κ3) is 5.49. The molecule has 3 rings (SSSR count). The van der Waals surface area contributed by atoms with Crippen molar-refractivity contribution in [2.75, 3.05) is 13.1 Å². The molecule has 1 heterocycles. The molecule has 1 N–H and O–H groups in total. The summed E-state index contributed by atoms with van der Waals surface area (Å²) in [5.74, 6) is -0.353. The molecule has 6 heteroatoms. The first-order valence-electron chi connectivity index (χ1n) is 10.7. The van der Waals surface area contributed by atoms with Crippen LogP contribution in [0.2, 0.25) is 0 Å². The van der Waals surface area contributed by atoms with Crippen molar-refractivity contribution in [3.8, 4) is 0 Å². The van der Waals surface area contributed by atoms with Gasteiger partial charge in [0.05, 0.1) is 10.8 Å². The average Bonchev–Trinajstić information content (AvgIpc) is 2.74. The predicted molar refractivity (Wildman–Crippen MR) is 120 cm³/mol. The van der Waals surface area contributed by atoms with E-state index in [1.807, 2.05) is 51.1 Å². The highest BCUT2D eigenvalue weighted by molar-refractivity contribution is 7.89. The first kappa shape index (κ1) is 22.5. The summed E-state index contributed by atoms with van der Waals surface area (Å²) in [6.45, 7) is 6.42. The van der Waals surface area contributed by atoms with Crippen LogP contribution in [-0.2, 0) is 21.2 Å².